The van der Waals surface area contributed by atoms with Crippen LogP contribution in [0.3, 0.4) is 0 Å². The molecule has 2 atom stereocenters. The predicted octanol–water partition coefficient (Wildman–Crippen LogP) is 1.63. The van der Waals surface area contributed by atoms with E-state index < -0.39 is 0 Å². The van der Waals surface area contributed by atoms with Crippen LogP contribution >= 0.6 is 0 Å². The molecular weight excluding hydrogens is 226 g/mol. The Bertz CT molecular complexity index is 285. The Balaban J connectivity index is 2.70. The van der Waals surface area contributed by atoms with Crippen LogP contribution in [-0.4, -0.2) is 50.3 Å². The first-order chi connectivity index (χ1) is 8.63. The molecule has 0 aromatic rings. The van der Waals surface area contributed by atoms with Crippen LogP contribution < -0.4 is 5.32 Å². The molecule has 4 heteroatoms. The molecule has 1 saturated carbocycles. The molecule has 0 radical (unpaired) electrons. The summed E-state index contributed by atoms with van der Waals surface area (Å²) in [6, 6.07) is 3.01. The number of methoxy groups -OCH3 is 1. The molecule has 18 heavy (non-hydrogen) atoms. The van der Waals surface area contributed by atoms with Crippen molar-refractivity contribution in [2.45, 2.75) is 44.7 Å². The summed E-state index contributed by atoms with van der Waals surface area (Å²) in [6.45, 7) is 6.82. The van der Waals surface area contributed by atoms with Gasteiger partial charge in [-0.15, -0.1) is 0 Å². The second kappa shape index (κ2) is 7.08. The Hall–Kier alpha value is -0.630. The summed E-state index contributed by atoms with van der Waals surface area (Å²) in [6.07, 6.45) is 3.44. The van der Waals surface area contributed by atoms with Gasteiger partial charge in [0, 0.05) is 26.2 Å². The maximum Gasteiger partial charge on any atom is 0.122 e. The number of nitrogens with zero attached hydrogens (tertiary/aromatic N) is 2. The van der Waals surface area contributed by atoms with Crippen molar-refractivity contribution < 1.29 is 4.74 Å². The van der Waals surface area contributed by atoms with E-state index in [2.05, 4.69) is 30.1 Å². The highest BCUT2D eigenvalue weighted by Gasteiger charge is 2.46. The molecule has 0 aromatic heterocycles. The summed E-state index contributed by atoms with van der Waals surface area (Å²) in [7, 11) is 3.64. The van der Waals surface area contributed by atoms with E-state index in [1.54, 1.807) is 7.11 Å². The Morgan fingerprint density at radius 3 is 2.61 bits per heavy atom. The summed E-state index contributed by atoms with van der Waals surface area (Å²) >= 11 is 0. The molecule has 104 valence electrons. The van der Waals surface area contributed by atoms with Crippen LogP contribution in [0.25, 0.3) is 0 Å². The third-order valence-electron chi connectivity index (χ3n) is 4.17. The summed E-state index contributed by atoms with van der Waals surface area (Å²) in [5, 5.41) is 12.8. The van der Waals surface area contributed by atoms with Crippen LogP contribution in [0.1, 0.15) is 33.1 Å². The van der Waals surface area contributed by atoms with Gasteiger partial charge >= 0.3 is 0 Å². The van der Waals surface area contributed by atoms with Crippen molar-refractivity contribution in [1.29, 1.82) is 5.26 Å². The second-order valence-electron chi connectivity index (χ2n) is 5.33. The minimum Gasteiger partial charge on any atom is -0.383 e. The van der Waals surface area contributed by atoms with Crippen molar-refractivity contribution in [3.05, 3.63) is 0 Å². The van der Waals surface area contributed by atoms with Crippen LogP contribution in [0, 0.1) is 17.2 Å². The third kappa shape index (κ3) is 3.68. The molecule has 4 nitrogen and oxygen atoms in total. The van der Waals surface area contributed by atoms with Crippen molar-refractivity contribution in [1.82, 2.24) is 10.2 Å². The molecule has 0 heterocycles. The van der Waals surface area contributed by atoms with Gasteiger partial charge in [-0.2, -0.15) is 5.26 Å². The SMILES string of the molecule is CCC(C)N(CCOC)CC(C#N)(NC)C1CC1. The Morgan fingerprint density at radius 2 is 2.22 bits per heavy atom. The van der Waals surface area contributed by atoms with Gasteiger partial charge in [0.05, 0.1) is 12.7 Å². The van der Waals surface area contributed by atoms with E-state index in [0.717, 1.165) is 26.1 Å². The molecule has 2 unspecified atom stereocenters. The van der Waals surface area contributed by atoms with E-state index in [4.69, 9.17) is 4.74 Å². The van der Waals surface area contributed by atoms with Gasteiger partial charge in [-0.1, -0.05) is 6.92 Å². The zero-order valence-corrected chi connectivity index (χ0v) is 12.2. The van der Waals surface area contributed by atoms with Gasteiger partial charge in [-0.25, -0.2) is 0 Å². The van der Waals surface area contributed by atoms with Gasteiger partial charge in [-0.05, 0) is 39.2 Å². The summed E-state index contributed by atoms with van der Waals surface area (Å²) in [5.74, 6) is 0.515. The fraction of sp³-hybridized carbons (Fsp3) is 0.929. The van der Waals surface area contributed by atoms with Gasteiger partial charge in [0.1, 0.15) is 5.54 Å². The summed E-state index contributed by atoms with van der Waals surface area (Å²) in [4.78, 5) is 2.38. The monoisotopic (exact) mass is 253 g/mol. The molecule has 1 rings (SSSR count). The van der Waals surface area contributed by atoms with E-state index in [-0.39, 0.29) is 5.54 Å². The lowest BCUT2D eigenvalue weighted by atomic mass is 9.93. The molecule has 0 aliphatic heterocycles. The van der Waals surface area contributed by atoms with E-state index in [9.17, 15) is 5.26 Å². The van der Waals surface area contributed by atoms with Gasteiger partial charge in [0.25, 0.3) is 0 Å². The van der Waals surface area contributed by atoms with Crippen molar-refractivity contribution >= 4 is 0 Å². The number of hydrogen-bond acceptors (Lipinski definition) is 4. The molecule has 1 aliphatic carbocycles. The fourth-order valence-electron chi connectivity index (χ4n) is 2.41. The zero-order chi connectivity index (χ0) is 13.6. The molecule has 1 N–H and O–H groups in total. The van der Waals surface area contributed by atoms with Crippen LogP contribution in [0.15, 0.2) is 0 Å². The maximum absolute atomic E-state index is 9.55. The number of hydrogen-bond donors (Lipinski definition) is 1. The average molecular weight is 253 g/mol. The van der Waals surface area contributed by atoms with Gasteiger partial charge in [0.2, 0.25) is 0 Å². The fourth-order valence-corrected chi connectivity index (χ4v) is 2.41. The van der Waals surface area contributed by atoms with Gasteiger partial charge in [-0.3, -0.25) is 4.90 Å². The number of likely N-dealkylation sites (N-methyl/N-ethyl adjacent to an activating group) is 1. The molecular formula is C14H27N3O. The number of nitriles is 1. The van der Waals surface area contributed by atoms with Crippen molar-refractivity contribution in [3.63, 3.8) is 0 Å². The molecule has 0 saturated heterocycles. The van der Waals surface area contributed by atoms with Crippen LogP contribution in [0.5, 0.6) is 0 Å². The first-order valence-corrected chi connectivity index (χ1v) is 6.96. The average Bonchev–Trinajstić information content (AvgIpc) is 3.23. The normalized spacial score (nSPS) is 20.4. The van der Waals surface area contributed by atoms with Crippen molar-refractivity contribution in [2.75, 3.05) is 33.9 Å². The molecule has 0 aromatic carbocycles. The second-order valence-corrected chi connectivity index (χ2v) is 5.33. The van der Waals surface area contributed by atoms with Crippen LogP contribution in [0.2, 0.25) is 0 Å². The Kier molecular flexibility index (Phi) is 6.07. The quantitative estimate of drug-likeness (QED) is 0.678. The topological polar surface area (TPSA) is 48.3 Å². The molecule has 0 bridgehead atoms. The van der Waals surface area contributed by atoms with E-state index in [1.807, 2.05) is 7.05 Å². The van der Waals surface area contributed by atoms with Gasteiger partial charge < -0.3 is 10.1 Å². The maximum atomic E-state index is 9.55. The number of ether oxygens (including phenoxy) is 1. The summed E-state index contributed by atoms with van der Waals surface area (Å²) < 4.78 is 5.18. The Morgan fingerprint density at radius 1 is 1.56 bits per heavy atom. The lowest BCUT2D eigenvalue weighted by molar-refractivity contribution is 0.101. The van der Waals surface area contributed by atoms with Crippen LogP contribution in [-0.2, 0) is 4.74 Å². The van der Waals surface area contributed by atoms with Crippen molar-refractivity contribution in [2.24, 2.45) is 5.92 Å². The predicted molar refractivity (Wildman–Crippen MR) is 73.3 cm³/mol. The largest absolute Gasteiger partial charge is 0.383 e. The standard InChI is InChI=1S/C14H27N3O/c1-5-12(2)17(8-9-18-4)11-14(10-15,16-3)13-6-7-13/h12-13,16H,5-9,11H2,1-4H3. The third-order valence-corrected chi connectivity index (χ3v) is 4.17. The smallest absolute Gasteiger partial charge is 0.122 e. The van der Waals surface area contributed by atoms with Crippen LogP contribution in [0.4, 0.5) is 0 Å². The lowest BCUT2D eigenvalue weighted by Crippen LogP contribution is -2.55. The van der Waals surface area contributed by atoms with E-state index in [0.29, 0.717) is 12.0 Å². The molecule has 1 aliphatic rings. The van der Waals surface area contributed by atoms with E-state index >= 15 is 0 Å². The highest BCUT2D eigenvalue weighted by molar-refractivity contribution is 5.16. The first kappa shape index (κ1) is 15.4. The number of rotatable bonds is 9. The minimum absolute atomic E-state index is 0.378. The zero-order valence-electron chi connectivity index (χ0n) is 12.2. The molecule has 0 spiro atoms. The summed E-state index contributed by atoms with van der Waals surface area (Å²) in [5.41, 5.74) is -0.378. The lowest BCUT2D eigenvalue weighted by Gasteiger charge is -2.36. The van der Waals surface area contributed by atoms with Crippen molar-refractivity contribution in [3.8, 4) is 6.07 Å². The molecule has 1 fully saturated rings. The van der Waals surface area contributed by atoms with E-state index in [1.165, 1.54) is 12.8 Å². The first-order valence-electron chi connectivity index (χ1n) is 6.96. The minimum atomic E-state index is -0.378. The highest BCUT2D eigenvalue weighted by Crippen LogP contribution is 2.40. The highest BCUT2D eigenvalue weighted by atomic mass is 16.5. The Labute approximate surface area is 111 Å². The number of nitrogens with one attached hydrogen (secondary N) is 1. The van der Waals surface area contributed by atoms with Gasteiger partial charge in [0.15, 0.2) is 0 Å². The molecule has 0 amide bonds.